The molecule has 0 aliphatic heterocycles. The summed E-state index contributed by atoms with van der Waals surface area (Å²) < 4.78 is 0.952. The van der Waals surface area contributed by atoms with Gasteiger partial charge in [-0.05, 0) is 46.3 Å². The van der Waals surface area contributed by atoms with Crippen LogP contribution < -0.4 is 11.1 Å². The van der Waals surface area contributed by atoms with Crippen LogP contribution in [-0.4, -0.2) is 20.9 Å². The van der Waals surface area contributed by atoms with E-state index in [9.17, 15) is 20.0 Å². The number of nitrogens with one attached hydrogen (secondary N) is 1. The molecule has 0 saturated heterocycles. The van der Waals surface area contributed by atoms with Crippen molar-refractivity contribution in [3.8, 4) is 5.75 Å². The Hall–Kier alpha value is -3.30. The van der Waals surface area contributed by atoms with Crippen LogP contribution >= 0.6 is 28.1 Å². The molecule has 0 aliphatic carbocycles. The van der Waals surface area contributed by atoms with Gasteiger partial charge in [0.15, 0.2) is 10.9 Å². The summed E-state index contributed by atoms with van der Waals surface area (Å²) in [5, 5.41) is 23.3. The number of ketones is 1. The third-order valence-corrected chi connectivity index (χ3v) is 4.40. The molecule has 0 unspecified atom stereocenters. The normalized spacial score (nSPS) is 9.69. The van der Waals surface area contributed by atoms with Gasteiger partial charge in [-0.25, -0.2) is 0 Å². The van der Waals surface area contributed by atoms with Gasteiger partial charge in [0, 0.05) is 16.1 Å². The van der Waals surface area contributed by atoms with E-state index in [0.717, 1.165) is 16.2 Å². The fraction of sp³-hybridized carbons (Fsp3) is 0. The zero-order chi connectivity index (χ0) is 21.4. The Kier molecular flexibility index (Phi) is 7.81. The van der Waals surface area contributed by atoms with Crippen LogP contribution in [0.5, 0.6) is 5.75 Å². The zero-order valence-electron chi connectivity index (χ0n) is 14.9. The second-order valence-corrected chi connectivity index (χ2v) is 6.92. The molecular weight excluding hydrogens is 458 g/mol. The highest BCUT2D eigenvalue weighted by molar-refractivity contribution is 9.10. The summed E-state index contributed by atoms with van der Waals surface area (Å²) in [6.45, 7) is 0. The number of anilines is 1. The first kappa shape index (κ1) is 22.0. The number of phenols is 1. The van der Waals surface area contributed by atoms with Gasteiger partial charge in [0.05, 0.1) is 22.2 Å². The monoisotopic (exact) mass is 473 g/mol. The minimum Gasteiger partial charge on any atom is -0.507 e. The molecule has 7 nitrogen and oxygen atoms in total. The summed E-state index contributed by atoms with van der Waals surface area (Å²) in [6, 6.07) is 19.5. The lowest BCUT2D eigenvalue weighted by Gasteiger charge is -2.04. The van der Waals surface area contributed by atoms with Gasteiger partial charge in [-0.15, -0.1) is 0 Å². The van der Waals surface area contributed by atoms with Crippen molar-refractivity contribution in [3.63, 3.8) is 0 Å². The molecule has 29 heavy (non-hydrogen) atoms. The summed E-state index contributed by atoms with van der Waals surface area (Å²) in [4.78, 5) is 21.9. The Bertz CT molecular complexity index is 1040. The van der Waals surface area contributed by atoms with Gasteiger partial charge >= 0.3 is 0 Å². The first-order valence-electron chi connectivity index (χ1n) is 8.17. The molecule has 148 valence electrons. The number of nitrogens with zero attached hydrogens (tertiary/aromatic N) is 1. The molecule has 3 rings (SSSR count). The first-order valence-corrected chi connectivity index (χ1v) is 9.38. The first-order chi connectivity index (χ1) is 13.8. The number of aromatic hydroxyl groups is 1. The van der Waals surface area contributed by atoms with Crippen LogP contribution in [0.1, 0.15) is 15.9 Å². The fourth-order valence-corrected chi connectivity index (χ4v) is 2.76. The quantitative estimate of drug-likeness (QED) is 0.218. The van der Waals surface area contributed by atoms with Crippen molar-refractivity contribution in [1.29, 1.82) is 0 Å². The van der Waals surface area contributed by atoms with Crippen molar-refractivity contribution in [1.82, 2.24) is 0 Å². The Morgan fingerprint density at radius 1 is 1.07 bits per heavy atom. The molecule has 0 atom stereocenters. The van der Waals surface area contributed by atoms with Gasteiger partial charge in [0.1, 0.15) is 5.75 Å². The van der Waals surface area contributed by atoms with Crippen LogP contribution in [0.3, 0.4) is 0 Å². The maximum atomic E-state index is 12.0. The molecule has 9 heteroatoms. The minimum atomic E-state index is -0.628. The molecule has 0 aliphatic rings. The number of phenolic OH excluding ortho intramolecular Hbond substituents is 1. The van der Waals surface area contributed by atoms with Crippen LogP contribution in [0, 0.1) is 10.1 Å². The van der Waals surface area contributed by atoms with Crippen molar-refractivity contribution in [2.75, 3.05) is 5.32 Å². The third-order valence-electron chi connectivity index (χ3n) is 3.60. The Labute approximate surface area is 180 Å². The number of hydrogen-bond donors (Lipinski definition) is 3. The number of hydrogen-bond acceptors (Lipinski definition) is 5. The molecule has 0 spiro atoms. The molecular formula is C20H16BrN3O4S. The maximum Gasteiger partial charge on any atom is 0.273 e. The molecule has 0 saturated carbocycles. The van der Waals surface area contributed by atoms with Crippen molar-refractivity contribution in [2.24, 2.45) is 5.73 Å². The minimum absolute atomic E-state index is 0.0480. The summed E-state index contributed by atoms with van der Waals surface area (Å²) >= 11 is 8.03. The average molecular weight is 474 g/mol. The highest BCUT2D eigenvalue weighted by Gasteiger charge is 2.16. The summed E-state index contributed by atoms with van der Waals surface area (Å²) in [5.74, 6) is -0.763. The average Bonchev–Trinajstić information content (AvgIpc) is 2.70. The molecule has 0 heterocycles. The van der Waals surface area contributed by atoms with Gasteiger partial charge in [0.25, 0.3) is 5.69 Å². The SMILES string of the molecule is NC(=S)Nc1ccccc1Br.O=C(c1ccccc1)c1ccc([N+](=O)[O-])cc1O. The number of rotatable bonds is 4. The van der Waals surface area contributed by atoms with E-state index in [-0.39, 0.29) is 22.1 Å². The van der Waals surface area contributed by atoms with E-state index in [1.807, 2.05) is 24.3 Å². The molecule has 0 aromatic heterocycles. The summed E-state index contributed by atoms with van der Waals surface area (Å²) in [5.41, 5.74) is 6.40. The Morgan fingerprint density at radius 3 is 2.24 bits per heavy atom. The van der Waals surface area contributed by atoms with Crippen LogP contribution in [0.15, 0.2) is 77.3 Å². The predicted octanol–water partition coefficient (Wildman–Crippen LogP) is 4.64. The maximum absolute atomic E-state index is 12.0. The van der Waals surface area contributed by atoms with E-state index in [2.05, 4.69) is 33.5 Å². The van der Waals surface area contributed by atoms with Gasteiger partial charge < -0.3 is 16.2 Å². The Balaban J connectivity index is 0.000000234. The van der Waals surface area contributed by atoms with Gasteiger partial charge in [-0.1, -0.05) is 42.5 Å². The van der Waals surface area contributed by atoms with Crippen LogP contribution in [0.2, 0.25) is 0 Å². The van der Waals surface area contributed by atoms with Crippen molar-refractivity contribution >= 4 is 50.4 Å². The Morgan fingerprint density at radius 2 is 1.69 bits per heavy atom. The van der Waals surface area contributed by atoms with Crippen LogP contribution in [-0.2, 0) is 0 Å². The van der Waals surface area contributed by atoms with Crippen molar-refractivity contribution < 1.29 is 14.8 Å². The van der Waals surface area contributed by atoms with E-state index in [4.69, 9.17) is 5.73 Å². The molecule has 0 amide bonds. The van der Waals surface area contributed by atoms with E-state index in [1.165, 1.54) is 12.1 Å². The number of benzene rings is 3. The number of halogens is 1. The number of nitro groups is 1. The lowest BCUT2D eigenvalue weighted by Crippen LogP contribution is -2.18. The lowest BCUT2D eigenvalue weighted by atomic mass is 10.0. The number of nitro benzene ring substituents is 1. The van der Waals surface area contributed by atoms with Crippen molar-refractivity contribution in [3.05, 3.63) is 98.5 Å². The highest BCUT2D eigenvalue weighted by atomic mass is 79.9. The zero-order valence-corrected chi connectivity index (χ0v) is 17.3. The second kappa shape index (κ2) is 10.3. The number of carbonyl (C=O) groups excluding carboxylic acids is 1. The molecule has 3 aromatic carbocycles. The molecule has 0 radical (unpaired) electrons. The van der Waals surface area contributed by atoms with Gasteiger partial charge in [0.2, 0.25) is 0 Å². The van der Waals surface area contributed by atoms with Crippen molar-refractivity contribution in [2.45, 2.75) is 0 Å². The molecule has 0 fully saturated rings. The predicted molar refractivity (Wildman–Crippen MR) is 119 cm³/mol. The van der Waals surface area contributed by atoms with Crippen LogP contribution in [0.25, 0.3) is 0 Å². The third kappa shape index (κ3) is 6.37. The lowest BCUT2D eigenvalue weighted by molar-refractivity contribution is -0.384. The molecule has 4 N–H and O–H groups in total. The number of para-hydroxylation sites is 1. The number of carbonyl (C=O) groups is 1. The largest absolute Gasteiger partial charge is 0.507 e. The number of non-ortho nitro benzene ring substituents is 1. The van der Waals surface area contributed by atoms with Gasteiger partial charge in [-0.2, -0.15) is 0 Å². The topological polar surface area (TPSA) is 118 Å². The van der Waals surface area contributed by atoms with E-state index >= 15 is 0 Å². The molecule has 0 bridgehead atoms. The smallest absolute Gasteiger partial charge is 0.273 e. The van der Waals surface area contributed by atoms with E-state index < -0.39 is 10.7 Å². The standard InChI is InChI=1S/C13H9NO4.C7H7BrN2S/c15-12-8-10(14(17)18)6-7-11(12)13(16)9-4-2-1-3-5-9;8-5-3-1-2-4-6(5)10-7(9)11/h1-8,15H;1-4H,(H3,9,10,11). The van der Waals surface area contributed by atoms with Gasteiger partial charge in [-0.3, -0.25) is 14.9 Å². The second-order valence-electron chi connectivity index (χ2n) is 5.62. The number of nitrogens with two attached hydrogens (primary N) is 1. The molecule has 3 aromatic rings. The summed E-state index contributed by atoms with van der Waals surface area (Å²) in [6.07, 6.45) is 0. The fourth-order valence-electron chi connectivity index (χ4n) is 2.27. The highest BCUT2D eigenvalue weighted by Crippen LogP contribution is 2.25. The van der Waals surface area contributed by atoms with E-state index in [0.29, 0.717) is 5.56 Å². The van der Waals surface area contributed by atoms with Crippen LogP contribution in [0.4, 0.5) is 11.4 Å². The summed E-state index contributed by atoms with van der Waals surface area (Å²) in [7, 11) is 0. The van der Waals surface area contributed by atoms with E-state index in [1.54, 1.807) is 30.3 Å². The number of thiocarbonyl (C=S) groups is 1.